The Labute approximate surface area is 135 Å². The first-order valence-electron chi connectivity index (χ1n) is 7.46. The lowest BCUT2D eigenvalue weighted by Crippen LogP contribution is -2.20. The number of benzene rings is 1. The monoisotopic (exact) mass is 334 g/mol. The summed E-state index contributed by atoms with van der Waals surface area (Å²) in [7, 11) is -3.07. The molecule has 1 fully saturated rings. The largest absolute Gasteiger partial charge is 0.472 e. The van der Waals surface area contributed by atoms with Crippen LogP contribution in [0.5, 0.6) is 0 Å². The van der Waals surface area contributed by atoms with E-state index in [-0.39, 0.29) is 6.10 Å². The Bertz CT molecular complexity index is 792. The van der Waals surface area contributed by atoms with Crippen molar-refractivity contribution in [2.45, 2.75) is 30.6 Å². The molecular formula is C17H18O5S. The maximum atomic E-state index is 12.3. The fourth-order valence-corrected chi connectivity index (χ4v) is 4.00. The number of esters is 1. The standard InChI is InChI=1S/C17H18O5S/c1-23(19,20)16-6-5-15(10-16)22-17(18)13-4-2-3-12(9-13)14-7-8-21-11-14/h2-4,7-9,11,15-16H,5-6,10H2,1H3/t15-,16+/m1/s1. The first kappa shape index (κ1) is 15.8. The number of sulfone groups is 1. The quantitative estimate of drug-likeness (QED) is 0.803. The maximum Gasteiger partial charge on any atom is 0.338 e. The second kappa shape index (κ2) is 6.20. The van der Waals surface area contributed by atoms with Crippen LogP contribution >= 0.6 is 0 Å². The van der Waals surface area contributed by atoms with E-state index in [1.165, 1.54) is 6.26 Å². The number of carbonyl (C=O) groups is 1. The van der Waals surface area contributed by atoms with E-state index in [9.17, 15) is 13.2 Å². The Hall–Kier alpha value is -2.08. The van der Waals surface area contributed by atoms with Crippen LogP contribution in [0.1, 0.15) is 29.6 Å². The van der Waals surface area contributed by atoms with E-state index in [0.29, 0.717) is 24.8 Å². The van der Waals surface area contributed by atoms with Gasteiger partial charge < -0.3 is 9.15 Å². The van der Waals surface area contributed by atoms with Crippen LogP contribution in [0.3, 0.4) is 0 Å². The Morgan fingerprint density at radius 2 is 2.04 bits per heavy atom. The fraction of sp³-hybridized carbons (Fsp3) is 0.353. The van der Waals surface area contributed by atoms with Gasteiger partial charge in [0.05, 0.1) is 23.3 Å². The zero-order valence-electron chi connectivity index (χ0n) is 12.8. The molecule has 1 aromatic carbocycles. The van der Waals surface area contributed by atoms with Crippen molar-refractivity contribution in [2.75, 3.05) is 6.26 Å². The molecule has 2 atom stereocenters. The molecule has 5 nitrogen and oxygen atoms in total. The van der Waals surface area contributed by atoms with E-state index in [2.05, 4.69) is 0 Å². The van der Waals surface area contributed by atoms with Gasteiger partial charge >= 0.3 is 5.97 Å². The van der Waals surface area contributed by atoms with Crippen molar-refractivity contribution in [1.82, 2.24) is 0 Å². The van der Waals surface area contributed by atoms with E-state index in [0.717, 1.165) is 11.1 Å². The third-order valence-electron chi connectivity index (χ3n) is 4.17. The first-order valence-corrected chi connectivity index (χ1v) is 9.41. The third kappa shape index (κ3) is 3.64. The summed E-state index contributed by atoms with van der Waals surface area (Å²) in [5.41, 5.74) is 2.21. The van der Waals surface area contributed by atoms with Crippen molar-refractivity contribution in [3.05, 3.63) is 48.4 Å². The van der Waals surface area contributed by atoms with Crippen molar-refractivity contribution < 1.29 is 22.4 Å². The molecule has 0 aliphatic heterocycles. The lowest BCUT2D eigenvalue weighted by atomic mass is 10.1. The van der Waals surface area contributed by atoms with Crippen molar-refractivity contribution in [3.63, 3.8) is 0 Å². The first-order chi connectivity index (χ1) is 10.9. The summed E-state index contributed by atoms with van der Waals surface area (Å²) in [5.74, 6) is -0.422. The highest BCUT2D eigenvalue weighted by atomic mass is 32.2. The molecule has 0 N–H and O–H groups in total. The summed E-state index contributed by atoms with van der Waals surface area (Å²) < 4.78 is 33.6. The zero-order chi connectivity index (χ0) is 16.4. The summed E-state index contributed by atoms with van der Waals surface area (Å²) >= 11 is 0. The average Bonchev–Trinajstić information content (AvgIpc) is 3.18. The van der Waals surface area contributed by atoms with Gasteiger partial charge in [0.15, 0.2) is 0 Å². The summed E-state index contributed by atoms with van der Waals surface area (Å²) in [6.45, 7) is 0. The molecule has 0 saturated heterocycles. The van der Waals surface area contributed by atoms with Gasteiger partial charge in [0.2, 0.25) is 0 Å². The van der Waals surface area contributed by atoms with Gasteiger partial charge in [-0.1, -0.05) is 12.1 Å². The van der Waals surface area contributed by atoms with Crippen molar-refractivity contribution in [2.24, 2.45) is 0 Å². The van der Waals surface area contributed by atoms with Crippen LogP contribution in [0, 0.1) is 0 Å². The van der Waals surface area contributed by atoms with E-state index < -0.39 is 21.1 Å². The predicted octanol–water partition coefficient (Wildman–Crippen LogP) is 3.07. The van der Waals surface area contributed by atoms with Crippen LogP contribution in [-0.2, 0) is 14.6 Å². The maximum absolute atomic E-state index is 12.3. The molecule has 122 valence electrons. The van der Waals surface area contributed by atoms with Crippen LogP contribution in [0.15, 0.2) is 47.3 Å². The number of rotatable bonds is 4. The summed E-state index contributed by atoms with van der Waals surface area (Å²) in [4.78, 5) is 12.3. The number of hydrogen-bond donors (Lipinski definition) is 0. The Balaban J connectivity index is 1.69. The van der Waals surface area contributed by atoms with E-state index in [4.69, 9.17) is 9.15 Å². The second-order valence-corrected chi connectivity index (χ2v) is 8.21. The molecule has 3 rings (SSSR count). The molecule has 1 aliphatic carbocycles. The molecule has 0 radical (unpaired) electrons. The van der Waals surface area contributed by atoms with Gasteiger partial charge in [-0.3, -0.25) is 0 Å². The Morgan fingerprint density at radius 1 is 1.22 bits per heavy atom. The molecule has 0 spiro atoms. The molecular weight excluding hydrogens is 316 g/mol. The van der Waals surface area contributed by atoms with Crippen LogP contribution in [0.4, 0.5) is 0 Å². The van der Waals surface area contributed by atoms with Crippen molar-refractivity contribution in [3.8, 4) is 11.1 Å². The van der Waals surface area contributed by atoms with Crippen LogP contribution < -0.4 is 0 Å². The number of ether oxygens (including phenoxy) is 1. The smallest absolute Gasteiger partial charge is 0.338 e. The number of hydrogen-bond acceptors (Lipinski definition) is 5. The van der Waals surface area contributed by atoms with Gasteiger partial charge in [0.25, 0.3) is 0 Å². The minimum absolute atomic E-state index is 0.334. The van der Waals surface area contributed by atoms with Gasteiger partial charge in [0, 0.05) is 18.2 Å². The van der Waals surface area contributed by atoms with E-state index in [1.807, 2.05) is 12.1 Å². The molecule has 0 bridgehead atoms. The summed E-state index contributed by atoms with van der Waals surface area (Å²) in [6.07, 6.45) is 5.60. The summed E-state index contributed by atoms with van der Waals surface area (Å²) in [5, 5.41) is -0.405. The van der Waals surface area contributed by atoms with Gasteiger partial charge in [0.1, 0.15) is 15.9 Å². The highest BCUT2D eigenvalue weighted by Gasteiger charge is 2.33. The SMILES string of the molecule is CS(=O)(=O)[C@H]1CC[C@@H](OC(=O)c2cccc(-c3ccoc3)c2)C1. The topological polar surface area (TPSA) is 73.6 Å². The molecule has 1 heterocycles. The average molecular weight is 334 g/mol. The van der Waals surface area contributed by atoms with Crippen molar-refractivity contribution in [1.29, 1.82) is 0 Å². The molecule has 0 amide bonds. The minimum atomic E-state index is -3.07. The van der Waals surface area contributed by atoms with Gasteiger partial charge in [-0.15, -0.1) is 0 Å². The van der Waals surface area contributed by atoms with Crippen LogP contribution in [0.25, 0.3) is 11.1 Å². The third-order valence-corrected chi connectivity index (χ3v) is 5.81. The number of furan rings is 1. The van der Waals surface area contributed by atoms with Crippen LogP contribution in [0.2, 0.25) is 0 Å². The van der Waals surface area contributed by atoms with E-state index >= 15 is 0 Å². The van der Waals surface area contributed by atoms with Gasteiger partial charge in [-0.2, -0.15) is 0 Å². The van der Waals surface area contributed by atoms with Gasteiger partial charge in [-0.25, -0.2) is 13.2 Å². The lowest BCUT2D eigenvalue weighted by Gasteiger charge is -2.12. The minimum Gasteiger partial charge on any atom is -0.472 e. The molecule has 0 unspecified atom stereocenters. The molecule has 1 aromatic heterocycles. The Morgan fingerprint density at radius 3 is 2.70 bits per heavy atom. The van der Waals surface area contributed by atoms with E-state index in [1.54, 1.807) is 30.7 Å². The highest BCUT2D eigenvalue weighted by Crippen LogP contribution is 2.28. The highest BCUT2D eigenvalue weighted by molar-refractivity contribution is 7.91. The predicted molar refractivity (Wildman–Crippen MR) is 85.8 cm³/mol. The molecule has 1 saturated carbocycles. The number of carbonyl (C=O) groups excluding carboxylic acids is 1. The zero-order valence-corrected chi connectivity index (χ0v) is 13.6. The molecule has 6 heteroatoms. The van der Waals surface area contributed by atoms with Gasteiger partial charge in [-0.05, 0) is 36.6 Å². The van der Waals surface area contributed by atoms with Crippen LogP contribution in [-0.4, -0.2) is 32.0 Å². The Kier molecular flexibility index (Phi) is 4.26. The second-order valence-electron chi connectivity index (χ2n) is 5.88. The summed E-state index contributed by atoms with van der Waals surface area (Å²) in [6, 6.07) is 8.92. The molecule has 23 heavy (non-hydrogen) atoms. The normalized spacial score (nSPS) is 21.3. The fourth-order valence-electron chi connectivity index (χ4n) is 2.87. The molecule has 1 aliphatic rings. The molecule has 2 aromatic rings. The van der Waals surface area contributed by atoms with Crippen molar-refractivity contribution >= 4 is 15.8 Å². The lowest BCUT2D eigenvalue weighted by molar-refractivity contribution is 0.0318.